The van der Waals surface area contributed by atoms with Crippen LogP contribution in [0.4, 0.5) is 0 Å². The molecule has 0 radical (unpaired) electrons. The summed E-state index contributed by atoms with van der Waals surface area (Å²) in [5, 5.41) is 3.93. The quantitative estimate of drug-likeness (QED) is 0.677. The molecule has 0 saturated heterocycles. The van der Waals surface area contributed by atoms with Gasteiger partial charge in [-0.1, -0.05) is 18.2 Å². The number of carbonyl (C=O) groups is 1. The monoisotopic (exact) mass is 284 g/mol. The van der Waals surface area contributed by atoms with E-state index in [1.165, 1.54) is 6.21 Å². The predicted octanol–water partition coefficient (Wildman–Crippen LogP) is 2.47. The molecule has 5 heteroatoms. The molecule has 0 saturated carbocycles. The van der Waals surface area contributed by atoms with E-state index >= 15 is 0 Å². The van der Waals surface area contributed by atoms with Crippen molar-refractivity contribution in [3.05, 3.63) is 59.7 Å². The highest BCUT2D eigenvalue weighted by atomic mass is 16.5. The highest BCUT2D eigenvalue weighted by Gasteiger charge is 2.02. The normalized spacial score (nSPS) is 10.4. The molecule has 0 spiro atoms. The maximum absolute atomic E-state index is 11.8. The first-order chi connectivity index (χ1) is 10.2. The molecule has 5 nitrogen and oxygen atoms in total. The van der Waals surface area contributed by atoms with Crippen molar-refractivity contribution in [3.8, 4) is 11.5 Å². The van der Waals surface area contributed by atoms with Crippen molar-refractivity contribution < 1.29 is 14.3 Å². The zero-order valence-corrected chi connectivity index (χ0v) is 11.9. The van der Waals surface area contributed by atoms with E-state index in [1.807, 2.05) is 6.07 Å². The number of rotatable bonds is 5. The van der Waals surface area contributed by atoms with Gasteiger partial charge in [-0.25, -0.2) is 5.43 Å². The van der Waals surface area contributed by atoms with Crippen LogP contribution in [-0.4, -0.2) is 26.3 Å². The Bertz CT molecular complexity index is 617. The molecule has 0 atom stereocenters. The molecule has 0 fully saturated rings. The molecule has 2 aromatic carbocycles. The highest BCUT2D eigenvalue weighted by Crippen LogP contribution is 2.21. The third kappa shape index (κ3) is 4.07. The van der Waals surface area contributed by atoms with E-state index in [4.69, 9.17) is 9.47 Å². The summed E-state index contributed by atoms with van der Waals surface area (Å²) in [4.78, 5) is 11.8. The van der Waals surface area contributed by atoms with Crippen LogP contribution in [0.25, 0.3) is 0 Å². The van der Waals surface area contributed by atoms with Crippen LogP contribution in [0.1, 0.15) is 15.9 Å². The van der Waals surface area contributed by atoms with Gasteiger partial charge >= 0.3 is 0 Å². The predicted molar refractivity (Wildman–Crippen MR) is 81.0 cm³/mol. The summed E-state index contributed by atoms with van der Waals surface area (Å²) in [5.41, 5.74) is 3.79. The van der Waals surface area contributed by atoms with E-state index in [1.54, 1.807) is 56.7 Å². The molecular weight excluding hydrogens is 268 g/mol. The third-order valence-electron chi connectivity index (χ3n) is 2.79. The second-order valence-corrected chi connectivity index (χ2v) is 4.21. The topological polar surface area (TPSA) is 59.9 Å². The fourth-order valence-corrected chi connectivity index (χ4v) is 1.72. The Morgan fingerprint density at radius 2 is 1.67 bits per heavy atom. The van der Waals surface area contributed by atoms with E-state index in [-0.39, 0.29) is 5.91 Å². The number of ether oxygens (including phenoxy) is 2. The smallest absolute Gasteiger partial charge is 0.271 e. The van der Waals surface area contributed by atoms with Crippen LogP contribution in [0.15, 0.2) is 53.6 Å². The summed E-state index contributed by atoms with van der Waals surface area (Å²) in [6.07, 6.45) is 1.53. The zero-order chi connectivity index (χ0) is 15.1. The van der Waals surface area contributed by atoms with Crippen LogP contribution in [0.5, 0.6) is 11.5 Å². The molecule has 0 bridgehead atoms. The minimum atomic E-state index is -0.262. The van der Waals surface area contributed by atoms with Gasteiger partial charge in [-0.3, -0.25) is 4.79 Å². The van der Waals surface area contributed by atoms with Gasteiger partial charge in [0.1, 0.15) is 11.5 Å². The average molecular weight is 284 g/mol. The Kier molecular flexibility index (Phi) is 4.93. The number of amides is 1. The van der Waals surface area contributed by atoms with Crippen LogP contribution in [-0.2, 0) is 0 Å². The van der Waals surface area contributed by atoms with E-state index in [9.17, 15) is 4.79 Å². The largest absolute Gasteiger partial charge is 0.497 e. The molecule has 0 aromatic heterocycles. The van der Waals surface area contributed by atoms with Crippen molar-refractivity contribution in [1.82, 2.24) is 5.43 Å². The summed E-state index contributed by atoms with van der Waals surface area (Å²) in [6.45, 7) is 0. The number of hydrogen-bond donors (Lipinski definition) is 1. The minimum Gasteiger partial charge on any atom is -0.497 e. The van der Waals surface area contributed by atoms with Gasteiger partial charge < -0.3 is 9.47 Å². The molecule has 2 rings (SSSR count). The zero-order valence-electron chi connectivity index (χ0n) is 11.9. The van der Waals surface area contributed by atoms with Crippen molar-refractivity contribution in [2.75, 3.05) is 14.2 Å². The SMILES string of the molecule is COc1cc(/C=N/NC(=O)c2ccccc2)cc(OC)c1. The Morgan fingerprint density at radius 1 is 1.05 bits per heavy atom. The maximum Gasteiger partial charge on any atom is 0.271 e. The fourth-order valence-electron chi connectivity index (χ4n) is 1.72. The number of hydrazone groups is 1. The summed E-state index contributed by atoms with van der Waals surface area (Å²) < 4.78 is 10.3. The second-order valence-electron chi connectivity index (χ2n) is 4.21. The number of carbonyl (C=O) groups excluding carboxylic acids is 1. The van der Waals surface area contributed by atoms with Gasteiger partial charge in [-0.05, 0) is 24.3 Å². The fraction of sp³-hybridized carbons (Fsp3) is 0.125. The summed E-state index contributed by atoms with van der Waals surface area (Å²) >= 11 is 0. The lowest BCUT2D eigenvalue weighted by molar-refractivity contribution is 0.0955. The van der Waals surface area contributed by atoms with Crippen LogP contribution in [0.3, 0.4) is 0 Å². The van der Waals surface area contributed by atoms with Crippen molar-refractivity contribution in [2.45, 2.75) is 0 Å². The summed E-state index contributed by atoms with van der Waals surface area (Å²) in [5.74, 6) is 1.05. The molecule has 21 heavy (non-hydrogen) atoms. The lowest BCUT2D eigenvalue weighted by atomic mass is 10.2. The molecule has 0 unspecified atom stereocenters. The number of methoxy groups -OCH3 is 2. The molecule has 0 aliphatic heterocycles. The van der Waals surface area contributed by atoms with E-state index in [0.29, 0.717) is 17.1 Å². The van der Waals surface area contributed by atoms with E-state index < -0.39 is 0 Å². The third-order valence-corrected chi connectivity index (χ3v) is 2.79. The maximum atomic E-state index is 11.8. The van der Waals surface area contributed by atoms with E-state index in [0.717, 1.165) is 5.56 Å². The molecule has 1 amide bonds. The van der Waals surface area contributed by atoms with Crippen molar-refractivity contribution in [1.29, 1.82) is 0 Å². The first kappa shape index (κ1) is 14.6. The Morgan fingerprint density at radius 3 is 2.24 bits per heavy atom. The van der Waals surface area contributed by atoms with Crippen molar-refractivity contribution in [3.63, 3.8) is 0 Å². The van der Waals surface area contributed by atoms with E-state index in [2.05, 4.69) is 10.5 Å². The van der Waals surface area contributed by atoms with Crippen molar-refractivity contribution >= 4 is 12.1 Å². The number of nitrogens with zero attached hydrogens (tertiary/aromatic N) is 1. The number of benzene rings is 2. The second kappa shape index (κ2) is 7.09. The van der Waals surface area contributed by atoms with Crippen molar-refractivity contribution in [2.24, 2.45) is 5.10 Å². The number of nitrogens with one attached hydrogen (secondary N) is 1. The highest BCUT2D eigenvalue weighted by molar-refractivity contribution is 5.94. The molecular formula is C16H16N2O3. The lowest BCUT2D eigenvalue weighted by Crippen LogP contribution is -2.17. The standard InChI is InChI=1S/C16H16N2O3/c1-20-14-8-12(9-15(10-14)21-2)11-17-18-16(19)13-6-4-3-5-7-13/h3-11H,1-2H3,(H,18,19)/b17-11+. The molecule has 1 N–H and O–H groups in total. The molecule has 0 aliphatic carbocycles. The first-order valence-corrected chi connectivity index (χ1v) is 6.34. The molecule has 108 valence electrons. The lowest BCUT2D eigenvalue weighted by Gasteiger charge is -2.05. The first-order valence-electron chi connectivity index (χ1n) is 6.34. The molecule has 2 aromatic rings. The van der Waals surface area contributed by atoms with Gasteiger partial charge in [0.2, 0.25) is 0 Å². The summed E-state index contributed by atoms with van der Waals surface area (Å²) in [7, 11) is 3.15. The van der Waals surface area contributed by atoms with Gasteiger partial charge in [0.25, 0.3) is 5.91 Å². The van der Waals surface area contributed by atoms with Crippen LogP contribution >= 0.6 is 0 Å². The Labute approximate surface area is 123 Å². The Balaban J connectivity index is 2.06. The Hall–Kier alpha value is -2.82. The summed E-state index contributed by atoms with van der Waals surface area (Å²) in [6, 6.07) is 14.2. The van der Waals surface area contributed by atoms with Gasteiger partial charge in [0, 0.05) is 17.2 Å². The average Bonchev–Trinajstić information content (AvgIpc) is 2.55. The minimum absolute atomic E-state index is 0.262. The molecule has 0 heterocycles. The molecule has 0 aliphatic rings. The van der Waals surface area contributed by atoms with Gasteiger partial charge in [-0.15, -0.1) is 0 Å². The van der Waals surface area contributed by atoms with Crippen LogP contribution in [0, 0.1) is 0 Å². The van der Waals surface area contributed by atoms with Crippen LogP contribution in [0.2, 0.25) is 0 Å². The van der Waals surface area contributed by atoms with Gasteiger partial charge in [0.05, 0.1) is 20.4 Å². The van der Waals surface area contributed by atoms with Gasteiger partial charge in [0.15, 0.2) is 0 Å². The number of hydrogen-bond acceptors (Lipinski definition) is 4. The van der Waals surface area contributed by atoms with Crippen LogP contribution < -0.4 is 14.9 Å². The van der Waals surface area contributed by atoms with Gasteiger partial charge in [-0.2, -0.15) is 5.10 Å².